The molecular formula is C27H35NO8. The first-order valence-corrected chi connectivity index (χ1v) is 12.2. The van der Waals surface area contributed by atoms with Crippen molar-refractivity contribution in [2.45, 2.75) is 12.3 Å². The molecule has 0 fully saturated rings. The number of hydrogen-bond donors (Lipinski definition) is 1. The number of fused-ring (bicyclic) bond motifs is 3. The van der Waals surface area contributed by atoms with Crippen LogP contribution < -0.4 is 5.32 Å². The first-order valence-electron chi connectivity index (χ1n) is 12.2. The van der Waals surface area contributed by atoms with Crippen LogP contribution in [0.4, 0.5) is 4.79 Å². The van der Waals surface area contributed by atoms with Crippen molar-refractivity contribution in [2.75, 3.05) is 73.1 Å². The van der Waals surface area contributed by atoms with Crippen LogP contribution in [0.2, 0.25) is 0 Å². The molecule has 0 heterocycles. The Morgan fingerprint density at radius 1 is 0.750 bits per heavy atom. The minimum absolute atomic E-state index is 0.0526. The van der Waals surface area contributed by atoms with Crippen molar-refractivity contribution >= 4 is 12.1 Å². The van der Waals surface area contributed by atoms with E-state index in [1.165, 1.54) is 29.4 Å². The van der Waals surface area contributed by atoms with Crippen LogP contribution in [0.3, 0.4) is 0 Å². The number of hydrogen-bond acceptors (Lipinski definition) is 8. The van der Waals surface area contributed by atoms with Gasteiger partial charge >= 0.3 is 12.1 Å². The number of alkyl carbamates (subject to hydrolysis) is 1. The summed E-state index contributed by atoms with van der Waals surface area (Å²) in [6, 6.07) is 16.5. The fraction of sp³-hybridized carbons (Fsp3) is 0.481. The second-order valence-electron chi connectivity index (χ2n) is 8.07. The number of esters is 1. The van der Waals surface area contributed by atoms with E-state index in [1.54, 1.807) is 0 Å². The van der Waals surface area contributed by atoms with Gasteiger partial charge in [0, 0.05) is 19.1 Å². The molecule has 0 unspecified atom stereocenters. The maximum absolute atomic E-state index is 12.2. The van der Waals surface area contributed by atoms with Gasteiger partial charge in [0.25, 0.3) is 0 Å². The monoisotopic (exact) mass is 501 g/mol. The van der Waals surface area contributed by atoms with Crippen molar-refractivity contribution in [3.8, 4) is 11.1 Å². The van der Waals surface area contributed by atoms with E-state index >= 15 is 0 Å². The molecule has 0 aromatic heterocycles. The summed E-state index contributed by atoms with van der Waals surface area (Å²) in [7, 11) is 1.31. The van der Waals surface area contributed by atoms with E-state index in [4.69, 9.17) is 23.7 Å². The third-order valence-electron chi connectivity index (χ3n) is 5.64. The lowest BCUT2D eigenvalue weighted by molar-refractivity contribution is -0.146. The van der Waals surface area contributed by atoms with Crippen LogP contribution in [0.15, 0.2) is 48.5 Å². The Labute approximate surface area is 212 Å². The molecule has 2 aromatic rings. The van der Waals surface area contributed by atoms with Gasteiger partial charge in [0.2, 0.25) is 0 Å². The molecule has 0 spiro atoms. The van der Waals surface area contributed by atoms with Gasteiger partial charge in [0.1, 0.15) is 13.2 Å². The van der Waals surface area contributed by atoms with Crippen molar-refractivity contribution in [3.05, 3.63) is 59.7 Å². The molecule has 196 valence electrons. The maximum Gasteiger partial charge on any atom is 0.407 e. The van der Waals surface area contributed by atoms with E-state index in [0.29, 0.717) is 65.8 Å². The van der Waals surface area contributed by atoms with Crippen LogP contribution in [0.25, 0.3) is 11.1 Å². The van der Waals surface area contributed by atoms with Crippen LogP contribution >= 0.6 is 0 Å². The predicted molar refractivity (Wildman–Crippen MR) is 133 cm³/mol. The molecule has 0 saturated heterocycles. The highest BCUT2D eigenvalue weighted by Crippen LogP contribution is 2.44. The van der Waals surface area contributed by atoms with Crippen molar-refractivity contribution in [2.24, 2.45) is 0 Å². The molecule has 1 aliphatic carbocycles. The smallest absolute Gasteiger partial charge is 0.407 e. The van der Waals surface area contributed by atoms with Gasteiger partial charge in [-0.1, -0.05) is 48.5 Å². The van der Waals surface area contributed by atoms with Gasteiger partial charge in [-0.25, -0.2) is 9.59 Å². The van der Waals surface area contributed by atoms with Gasteiger partial charge in [-0.2, -0.15) is 0 Å². The molecular weight excluding hydrogens is 466 g/mol. The maximum atomic E-state index is 12.2. The minimum atomic E-state index is -0.420. The highest BCUT2D eigenvalue weighted by Gasteiger charge is 2.28. The molecule has 0 bridgehead atoms. The van der Waals surface area contributed by atoms with E-state index in [2.05, 4.69) is 34.3 Å². The lowest BCUT2D eigenvalue weighted by atomic mass is 9.98. The number of ether oxygens (including phenoxy) is 6. The average molecular weight is 502 g/mol. The summed E-state index contributed by atoms with van der Waals surface area (Å²) in [5, 5.41) is 2.78. The molecule has 1 amide bonds. The van der Waals surface area contributed by atoms with E-state index in [0.717, 1.165) is 0 Å². The van der Waals surface area contributed by atoms with Gasteiger partial charge in [-0.3, -0.25) is 0 Å². The van der Waals surface area contributed by atoms with Crippen LogP contribution in [-0.4, -0.2) is 85.2 Å². The molecule has 0 aliphatic heterocycles. The fourth-order valence-electron chi connectivity index (χ4n) is 3.89. The van der Waals surface area contributed by atoms with Gasteiger partial charge in [0.15, 0.2) is 0 Å². The van der Waals surface area contributed by atoms with Crippen LogP contribution in [0, 0.1) is 0 Å². The molecule has 1 N–H and O–H groups in total. The number of benzene rings is 2. The molecule has 0 radical (unpaired) electrons. The number of nitrogens with one attached hydrogen (secondary N) is 1. The Bertz CT molecular complexity index is 905. The van der Waals surface area contributed by atoms with Gasteiger partial charge in [0.05, 0.1) is 46.8 Å². The molecule has 9 nitrogen and oxygen atoms in total. The number of methoxy groups -OCH3 is 1. The zero-order valence-corrected chi connectivity index (χ0v) is 20.7. The second-order valence-corrected chi connectivity index (χ2v) is 8.07. The van der Waals surface area contributed by atoms with Crippen molar-refractivity contribution in [1.82, 2.24) is 5.32 Å². The molecule has 36 heavy (non-hydrogen) atoms. The molecule has 1 aliphatic rings. The zero-order chi connectivity index (χ0) is 25.4. The largest absolute Gasteiger partial charge is 0.467 e. The highest BCUT2D eigenvalue weighted by molar-refractivity contribution is 5.79. The third kappa shape index (κ3) is 8.91. The zero-order valence-electron chi connectivity index (χ0n) is 20.7. The Kier molecular flexibility index (Phi) is 12.2. The molecule has 0 saturated carbocycles. The topological polar surface area (TPSA) is 102 Å². The highest BCUT2D eigenvalue weighted by atomic mass is 16.6. The van der Waals surface area contributed by atoms with Gasteiger partial charge in [-0.05, 0) is 28.7 Å². The summed E-state index contributed by atoms with van der Waals surface area (Å²) in [4.78, 5) is 23.0. The molecule has 9 heteroatoms. The minimum Gasteiger partial charge on any atom is -0.467 e. The summed E-state index contributed by atoms with van der Waals surface area (Å²) in [6.07, 6.45) is 0.259. The lowest BCUT2D eigenvalue weighted by Gasteiger charge is -2.14. The number of carbonyl (C=O) groups excluding carboxylic acids is 2. The van der Waals surface area contributed by atoms with Gasteiger partial charge < -0.3 is 33.7 Å². The number of carbonyl (C=O) groups is 2. The first-order chi connectivity index (χ1) is 17.7. The third-order valence-corrected chi connectivity index (χ3v) is 5.64. The van der Waals surface area contributed by atoms with E-state index in [9.17, 15) is 9.59 Å². The summed E-state index contributed by atoms with van der Waals surface area (Å²) in [6.45, 7) is 3.73. The second kappa shape index (κ2) is 15.9. The molecule has 0 atom stereocenters. The standard InChI is InChI=1S/C27H35NO8/c1-31-26(29)20-35-18-17-34-16-15-33-14-13-32-12-6-11-28-27(30)36-19-25-23-9-4-2-7-21(23)22-8-3-5-10-24(22)25/h2-5,7-10,25H,6,11-20H2,1H3,(H,28,30). The predicted octanol–water partition coefficient (Wildman–Crippen LogP) is 3.15. The quantitative estimate of drug-likeness (QED) is 0.261. The van der Waals surface area contributed by atoms with Crippen LogP contribution in [-0.2, 0) is 33.2 Å². The summed E-state index contributed by atoms with van der Waals surface area (Å²) < 4.78 is 31.3. The first kappa shape index (κ1) is 27.6. The summed E-state index contributed by atoms with van der Waals surface area (Å²) in [5.74, 6) is -0.358. The van der Waals surface area contributed by atoms with Crippen molar-refractivity contribution in [1.29, 1.82) is 0 Å². The SMILES string of the molecule is COC(=O)COCCOCCOCCOCCCNC(=O)OCC1c2ccccc2-c2ccccc21. The molecule has 3 rings (SSSR count). The van der Waals surface area contributed by atoms with E-state index in [-0.39, 0.29) is 12.5 Å². The van der Waals surface area contributed by atoms with E-state index < -0.39 is 12.1 Å². The van der Waals surface area contributed by atoms with Crippen molar-refractivity contribution in [3.63, 3.8) is 0 Å². The van der Waals surface area contributed by atoms with Crippen molar-refractivity contribution < 1.29 is 38.0 Å². The Morgan fingerprint density at radius 3 is 1.86 bits per heavy atom. The summed E-state index contributed by atoms with van der Waals surface area (Å²) >= 11 is 0. The normalized spacial score (nSPS) is 12.1. The summed E-state index contributed by atoms with van der Waals surface area (Å²) in [5.41, 5.74) is 4.80. The van der Waals surface area contributed by atoms with Crippen LogP contribution in [0.5, 0.6) is 0 Å². The van der Waals surface area contributed by atoms with Gasteiger partial charge in [-0.15, -0.1) is 0 Å². The van der Waals surface area contributed by atoms with E-state index in [1.807, 2.05) is 24.3 Å². The van der Waals surface area contributed by atoms with Crippen LogP contribution in [0.1, 0.15) is 23.5 Å². The molecule has 2 aromatic carbocycles. The number of amides is 1. The Hall–Kier alpha value is -2.98. The Morgan fingerprint density at radius 2 is 1.28 bits per heavy atom. The fourth-order valence-corrected chi connectivity index (χ4v) is 3.89. The lowest BCUT2D eigenvalue weighted by Crippen LogP contribution is -2.27. The Balaban J connectivity index is 1.15. The average Bonchev–Trinajstić information content (AvgIpc) is 3.23. The number of rotatable bonds is 17.